The van der Waals surface area contributed by atoms with Crippen LogP contribution in [0.2, 0.25) is 0 Å². The average Bonchev–Trinajstić information content (AvgIpc) is 3.12. The van der Waals surface area contributed by atoms with Crippen molar-refractivity contribution in [2.24, 2.45) is 4.99 Å². The number of ether oxygens (including phenoxy) is 1. The van der Waals surface area contributed by atoms with Crippen LogP contribution in [0.5, 0.6) is 5.75 Å². The summed E-state index contributed by atoms with van der Waals surface area (Å²) in [6.07, 6.45) is 0. The van der Waals surface area contributed by atoms with E-state index >= 15 is 0 Å². The van der Waals surface area contributed by atoms with Crippen LogP contribution in [0.4, 0.5) is 10.1 Å². The number of nitrogens with zero attached hydrogens (tertiary/aromatic N) is 2. The minimum absolute atomic E-state index is 0.0106. The molecule has 0 saturated carbocycles. The third-order valence-electron chi connectivity index (χ3n) is 4.80. The van der Waals surface area contributed by atoms with Crippen LogP contribution in [0.3, 0.4) is 0 Å². The van der Waals surface area contributed by atoms with E-state index in [1.165, 1.54) is 17.8 Å². The van der Waals surface area contributed by atoms with Gasteiger partial charge in [0.2, 0.25) is 0 Å². The lowest BCUT2D eigenvalue weighted by Crippen LogP contribution is -2.39. The van der Waals surface area contributed by atoms with Crippen LogP contribution in [-0.4, -0.2) is 44.3 Å². The quantitative estimate of drug-likeness (QED) is 0.658. The molecule has 28 heavy (non-hydrogen) atoms. The van der Waals surface area contributed by atoms with Gasteiger partial charge in [0.1, 0.15) is 11.6 Å². The zero-order valence-corrected chi connectivity index (χ0v) is 18.2. The summed E-state index contributed by atoms with van der Waals surface area (Å²) in [6.45, 7) is 0. The SMILES string of the molecule is COc1ccc(CSC2=N[C@@H]3CS(=O)(=O)C[C@@H]3N2c2ccc(Br)cc2F)cc1. The molecule has 2 aromatic carbocycles. The summed E-state index contributed by atoms with van der Waals surface area (Å²) in [4.78, 5) is 6.39. The molecule has 0 N–H and O–H groups in total. The maximum atomic E-state index is 14.7. The lowest BCUT2D eigenvalue weighted by molar-refractivity contribution is 0.414. The summed E-state index contributed by atoms with van der Waals surface area (Å²) >= 11 is 4.75. The number of amidine groups is 1. The van der Waals surface area contributed by atoms with E-state index in [-0.39, 0.29) is 23.6 Å². The highest BCUT2D eigenvalue weighted by Gasteiger charge is 2.47. The Morgan fingerprint density at radius 2 is 2.00 bits per heavy atom. The van der Waals surface area contributed by atoms with E-state index in [1.807, 2.05) is 24.3 Å². The summed E-state index contributed by atoms with van der Waals surface area (Å²) in [5.41, 5.74) is 1.43. The van der Waals surface area contributed by atoms with Crippen LogP contribution < -0.4 is 9.64 Å². The van der Waals surface area contributed by atoms with E-state index in [0.717, 1.165) is 11.3 Å². The number of fused-ring (bicyclic) bond motifs is 1. The summed E-state index contributed by atoms with van der Waals surface area (Å²) in [6, 6.07) is 11.8. The third kappa shape index (κ3) is 3.92. The number of thioether (sulfide) groups is 1. The molecule has 2 aromatic rings. The minimum atomic E-state index is -3.17. The van der Waals surface area contributed by atoms with Crippen molar-refractivity contribution < 1.29 is 17.5 Å². The molecule has 148 valence electrons. The number of hydrogen-bond donors (Lipinski definition) is 0. The number of rotatable bonds is 4. The average molecular weight is 485 g/mol. The van der Waals surface area contributed by atoms with E-state index in [1.54, 1.807) is 24.1 Å². The van der Waals surface area contributed by atoms with Gasteiger partial charge in [0.25, 0.3) is 0 Å². The Balaban J connectivity index is 1.61. The van der Waals surface area contributed by atoms with Gasteiger partial charge in [0.15, 0.2) is 15.0 Å². The van der Waals surface area contributed by atoms with Crippen molar-refractivity contribution in [1.82, 2.24) is 0 Å². The van der Waals surface area contributed by atoms with E-state index in [0.29, 0.717) is 21.1 Å². The van der Waals surface area contributed by atoms with Crippen LogP contribution in [0.15, 0.2) is 51.9 Å². The third-order valence-corrected chi connectivity index (χ3v) is 8.03. The molecule has 2 aliphatic heterocycles. The largest absolute Gasteiger partial charge is 0.497 e. The molecular weight excluding hydrogens is 467 g/mol. The highest BCUT2D eigenvalue weighted by atomic mass is 79.9. The molecule has 5 nitrogen and oxygen atoms in total. The second-order valence-corrected chi connectivity index (χ2v) is 10.7. The first kappa shape index (κ1) is 19.7. The first-order chi connectivity index (χ1) is 13.4. The maximum absolute atomic E-state index is 14.7. The number of anilines is 1. The Labute approximate surface area is 176 Å². The Morgan fingerprint density at radius 3 is 2.68 bits per heavy atom. The summed E-state index contributed by atoms with van der Waals surface area (Å²) in [7, 11) is -1.55. The van der Waals surface area contributed by atoms with E-state index in [9.17, 15) is 12.8 Å². The molecule has 0 bridgehead atoms. The van der Waals surface area contributed by atoms with Gasteiger partial charge in [-0.3, -0.25) is 4.99 Å². The second-order valence-electron chi connectivity index (χ2n) is 6.73. The predicted octanol–water partition coefficient (Wildman–Crippen LogP) is 3.87. The minimum Gasteiger partial charge on any atom is -0.497 e. The number of sulfone groups is 1. The highest BCUT2D eigenvalue weighted by Crippen LogP contribution is 2.37. The Kier molecular flexibility index (Phi) is 5.41. The van der Waals surface area contributed by atoms with E-state index in [2.05, 4.69) is 20.9 Å². The van der Waals surface area contributed by atoms with Crippen molar-refractivity contribution in [3.05, 3.63) is 58.3 Å². The van der Waals surface area contributed by atoms with Crippen molar-refractivity contribution in [2.75, 3.05) is 23.5 Å². The van der Waals surface area contributed by atoms with Crippen LogP contribution in [0, 0.1) is 5.82 Å². The molecule has 0 spiro atoms. The van der Waals surface area contributed by atoms with Gasteiger partial charge in [-0.2, -0.15) is 0 Å². The topological polar surface area (TPSA) is 59.0 Å². The second kappa shape index (κ2) is 7.68. The lowest BCUT2D eigenvalue weighted by Gasteiger charge is -2.27. The molecule has 0 amide bonds. The summed E-state index contributed by atoms with van der Waals surface area (Å²) in [5, 5.41) is 0.655. The molecule has 0 aliphatic carbocycles. The molecule has 4 rings (SSSR count). The molecule has 0 radical (unpaired) electrons. The monoisotopic (exact) mass is 484 g/mol. The fourth-order valence-corrected chi connectivity index (χ4v) is 6.71. The highest BCUT2D eigenvalue weighted by molar-refractivity contribution is 9.10. The van der Waals surface area contributed by atoms with Crippen LogP contribution in [0.25, 0.3) is 0 Å². The van der Waals surface area contributed by atoms with Gasteiger partial charge in [-0.05, 0) is 35.9 Å². The number of hydrogen-bond acceptors (Lipinski definition) is 6. The summed E-state index contributed by atoms with van der Waals surface area (Å²) < 4.78 is 44.7. The molecule has 1 saturated heterocycles. The van der Waals surface area contributed by atoms with Gasteiger partial charge in [-0.25, -0.2) is 12.8 Å². The molecule has 0 aromatic heterocycles. The zero-order chi connectivity index (χ0) is 19.9. The van der Waals surface area contributed by atoms with Gasteiger partial charge in [-0.15, -0.1) is 0 Å². The number of methoxy groups -OCH3 is 1. The van der Waals surface area contributed by atoms with Crippen molar-refractivity contribution in [2.45, 2.75) is 17.8 Å². The van der Waals surface area contributed by atoms with E-state index in [4.69, 9.17) is 4.74 Å². The van der Waals surface area contributed by atoms with E-state index < -0.39 is 15.7 Å². The predicted molar refractivity (Wildman–Crippen MR) is 115 cm³/mol. The molecule has 0 unspecified atom stereocenters. The van der Waals surface area contributed by atoms with Gasteiger partial charge in [-0.1, -0.05) is 39.8 Å². The fourth-order valence-electron chi connectivity index (χ4n) is 3.46. The Morgan fingerprint density at radius 1 is 1.25 bits per heavy atom. The Hall–Kier alpha value is -1.58. The number of aliphatic imine (C=N–C) groups is 1. The normalized spacial score (nSPS) is 22.8. The van der Waals surface area contributed by atoms with Gasteiger partial charge in [0, 0.05) is 10.2 Å². The van der Waals surface area contributed by atoms with Crippen molar-refractivity contribution in [3.63, 3.8) is 0 Å². The van der Waals surface area contributed by atoms with Crippen LogP contribution in [-0.2, 0) is 15.6 Å². The van der Waals surface area contributed by atoms with Gasteiger partial charge < -0.3 is 9.64 Å². The van der Waals surface area contributed by atoms with Crippen molar-refractivity contribution in [1.29, 1.82) is 0 Å². The van der Waals surface area contributed by atoms with Gasteiger partial charge in [0.05, 0.1) is 36.4 Å². The number of benzene rings is 2. The van der Waals surface area contributed by atoms with Crippen LogP contribution >= 0.6 is 27.7 Å². The molecule has 2 heterocycles. The van der Waals surface area contributed by atoms with Crippen LogP contribution in [0.1, 0.15) is 5.56 Å². The maximum Gasteiger partial charge on any atom is 0.164 e. The Bertz CT molecular complexity index is 1030. The smallest absolute Gasteiger partial charge is 0.164 e. The van der Waals surface area contributed by atoms with Crippen molar-refractivity contribution in [3.8, 4) is 5.75 Å². The van der Waals surface area contributed by atoms with Gasteiger partial charge >= 0.3 is 0 Å². The first-order valence-corrected chi connectivity index (χ1v) is 12.2. The molecule has 2 atom stereocenters. The first-order valence-electron chi connectivity index (χ1n) is 8.64. The molecular formula is C19H18BrFN2O3S2. The van der Waals surface area contributed by atoms with Crippen molar-refractivity contribution >= 4 is 48.4 Å². The fraction of sp³-hybridized carbons (Fsp3) is 0.316. The molecule has 9 heteroatoms. The number of halogens is 2. The standard InChI is InChI=1S/C19H18BrFN2O3S2/c1-26-14-5-2-12(3-6-14)9-27-19-22-16-10-28(24,25)11-18(16)23(19)17-7-4-13(20)8-15(17)21/h2-8,16,18H,9-11H2,1H3/t16-,18+/m1/s1. The summed E-state index contributed by atoms with van der Waals surface area (Å²) in [5.74, 6) is 1.02. The zero-order valence-electron chi connectivity index (χ0n) is 15.0. The lowest BCUT2D eigenvalue weighted by atomic mass is 10.1. The molecule has 1 fully saturated rings. The molecule has 2 aliphatic rings.